The number of nitrogens with one attached hydrogen (secondary N) is 1. The molecule has 0 aliphatic carbocycles. The zero-order valence-corrected chi connectivity index (χ0v) is 23.2. The number of ether oxygens (including phenoxy) is 3. The van der Waals surface area contributed by atoms with Crippen molar-refractivity contribution in [2.24, 2.45) is 0 Å². The lowest BCUT2D eigenvalue weighted by molar-refractivity contribution is -0.188. The largest absolute Gasteiger partial charge is 0.444 e. The number of rotatable bonds is 8. The summed E-state index contributed by atoms with van der Waals surface area (Å²) in [6, 6.07) is 9.51. The van der Waals surface area contributed by atoms with Gasteiger partial charge in [0, 0.05) is 40.7 Å². The normalized spacial score (nSPS) is 18.0. The molecule has 9 nitrogen and oxygen atoms in total. The van der Waals surface area contributed by atoms with Crippen LogP contribution in [0.2, 0.25) is 0 Å². The van der Waals surface area contributed by atoms with Crippen molar-refractivity contribution in [2.75, 3.05) is 13.2 Å². The number of hydrogen-bond acceptors (Lipinski definition) is 7. The smallest absolute Gasteiger partial charge is 0.407 e. The van der Waals surface area contributed by atoms with Gasteiger partial charge in [-0.3, -0.25) is 0 Å². The van der Waals surface area contributed by atoms with Crippen molar-refractivity contribution in [1.29, 1.82) is 0 Å². The Kier molecular flexibility index (Phi) is 8.68. The number of nitrogens with zero attached hydrogens (tertiary/aromatic N) is 3. The van der Waals surface area contributed by atoms with E-state index in [-0.39, 0.29) is 18.9 Å². The predicted molar refractivity (Wildman–Crippen MR) is 142 cm³/mol. The van der Waals surface area contributed by atoms with E-state index in [2.05, 4.69) is 38.0 Å². The van der Waals surface area contributed by atoms with Crippen LogP contribution in [0.4, 0.5) is 4.79 Å². The highest BCUT2D eigenvalue weighted by atomic mass is 127. The maximum atomic E-state index is 12.5. The van der Waals surface area contributed by atoms with Crippen LogP contribution in [0.1, 0.15) is 70.7 Å². The molecule has 1 saturated heterocycles. The van der Waals surface area contributed by atoms with Gasteiger partial charge < -0.3 is 28.6 Å². The van der Waals surface area contributed by atoms with Crippen molar-refractivity contribution in [3.8, 4) is 11.3 Å². The summed E-state index contributed by atoms with van der Waals surface area (Å²) in [4.78, 5) is 17.0. The third-order valence-corrected chi connectivity index (χ3v) is 6.45. The summed E-state index contributed by atoms with van der Waals surface area (Å²) in [6.45, 7) is 8.35. The van der Waals surface area contributed by atoms with E-state index in [1.54, 1.807) is 6.20 Å². The second-order valence-electron chi connectivity index (χ2n) is 9.79. The average Bonchev–Trinajstić information content (AvgIpc) is 3.50. The molecule has 1 aromatic carbocycles. The lowest BCUT2D eigenvalue weighted by Crippen LogP contribution is -2.36. The minimum Gasteiger partial charge on any atom is -0.444 e. The van der Waals surface area contributed by atoms with Gasteiger partial charge in [0.25, 0.3) is 0 Å². The molecular formula is C26H33IN4O5. The summed E-state index contributed by atoms with van der Waals surface area (Å²) >= 11 is 2.27. The van der Waals surface area contributed by atoms with Crippen molar-refractivity contribution in [1.82, 2.24) is 20.0 Å². The highest BCUT2D eigenvalue weighted by Gasteiger charge is 2.28. The van der Waals surface area contributed by atoms with Gasteiger partial charge >= 0.3 is 6.09 Å². The molecule has 0 spiro atoms. The lowest BCUT2D eigenvalue weighted by Gasteiger charge is -2.27. The Balaban J connectivity index is 1.59. The molecule has 1 fully saturated rings. The fourth-order valence-electron chi connectivity index (χ4n) is 4.04. The van der Waals surface area contributed by atoms with Crippen LogP contribution >= 0.6 is 22.6 Å². The number of aromatic nitrogens is 3. The summed E-state index contributed by atoms with van der Waals surface area (Å²) in [7, 11) is 0. The fourth-order valence-corrected chi connectivity index (χ4v) is 4.40. The summed E-state index contributed by atoms with van der Waals surface area (Å²) in [6.07, 6.45) is 5.46. The molecular weight excluding hydrogens is 575 g/mol. The topological polar surface area (TPSA) is 101 Å². The first kappa shape index (κ1) is 26.6. The standard InChI is InChI=1S/C26H33IN4O5/c1-17(34-23-7-5-6-14-33-23)24-28-12-13-31(24)21(16-29-25(32)35-26(2,3)4)22-15-20(30-36-22)18-8-10-19(27)11-9-18/h8-13,15,17,21,23H,5-7,14,16H2,1-4H3,(H,29,32)/t17-,21+,23?/m0/s1. The SMILES string of the molecule is C[C@H](OC1CCCCO1)c1nccn1[C@H](CNC(=O)OC(C)(C)C)c1cc(-c2ccc(I)cc2)no1. The molecule has 3 atom stereocenters. The zero-order chi connectivity index (χ0) is 25.7. The third-order valence-electron chi connectivity index (χ3n) is 5.73. The van der Waals surface area contributed by atoms with Gasteiger partial charge in [-0.15, -0.1) is 0 Å². The van der Waals surface area contributed by atoms with Crippen LogP contribution in [-0.4, -0.2) is 45.8 Å². The van der Waals surface area contributed by atoms with E-state index in [9.17, 15) is 4.79 Å². The van der Waals surface area contributed by atoms with E-state index < -0.39 is 17.7 Å². The molecule has 2 aromatic heterocycles. The summed E-state index contributed by atoms with van der Waals surface area (Å²) in [5, 5.41) is 7.16. The van der Waals surface area contributed by atoms with Crippen LogP contribution in [-0.2, 0) is 14.2 Å². The summed E-state index contributed by atoms with van der Waals surface area (Å²) in [5.74, 6) is 1.28. The molecule has 4 rings (SSSR count). The van der Waals surface area contributed by atoms with Crippen molar-refractivity contribution >= 4 is 28.7 Å². The molecule has 1 N–H and O–H groups in total. The molecule has 3 aromatic rings. The van der Waals surface area contributed by atoms with Crippen LogP contribution in [0.3, 0.4) is 0 Å². The lowest BCUT2D eigenvalue weighted by atomic mass is 10.1. The Labute approximate surface area is 225 Å². The number of amides is 1. The molecule has 0 radical (unpaired) electrons. The highest BCUT2D eigenvalue weighted by molar-refractivity contribution is 14.1. The first-order valence-electron chi connectivity index (χ1n) is 12.2. The van der Waals surface area contributed by atoms with E-state index in [0.717, 1.165) is 28.4 Å². The first-order chi connectivity index (χ1) is 17.2. The van der Waals surface area contributed by atoms with E-state index in [1.807, 2.05) is 68.8 Å². The molecule has 36 heavy (non-hydrogen) atoms. The van der Waals surface area contributed by atoms with E-state index >= 15 is 0 Å². The maximum Gasteiger partial charge on any atom is 0.407 e. The van der Waals surface area contributed by atoms with Crippen LogP contribution in [0, 0.1) is 3.57 Å². The molecule has 1 aliphatic rings. The molecule has 1 amide bonds. The monoisotopic (exact) mass is 608 g/mol. The molecule has 0 bridgehead atoms. The van der Waals surface area contributed by atoms with Crippen molar-refractivity contribution in [2.45, 2.75) is 71.0 Å². The average molecular weight is 608 g/mol. The van der Waals surface area contributed by atoms with Crippen LogP contribution in [0.15, 0.2) is 47.2 Å². The second kappa shape index (κ2) is 11.7. The Morgan fingerprint density at radius 1 is 1.28 bits per heavy atom. The van der Waals surface area contributed by atoms with Gasteiger partial charge in [-0.2, -0.15) is 0 Å². The van der Waals surface area contributed by atoms with Crippen molar-refractivity contribution < 1.29 is 23.5 Å². The first-order valence-corrected chi connectivity index (χ1v) is 13.3. The number of carbonyl (C=O) groups excluding carboxylic acids is 1. The fraction of sp³-hybridized carbons (Fsp3) is 0.500. The molecule has 0 saturated carbocycles. The zero-order valence-electron chi connectivity index (χ0n) is 21.1. The minimum absolute atomic E-state index is 0.215. The van der Waals surface area contributed by atoms with Crippen LogP contribution < -0.4 is 5.32 Å². The molecule has 1 unspecified atom stereocenters. The van der Waals surface area contributed by atoms with Gasteiger partial charge in [0.05, 0.1) is 0 Å². The number of halogens is 1. The molecule has 3 heterocycles. The number of imidazole rings is 1. The number of carbonyl (C=O) groups is 1. The van der Waals surface area contributed by atoms with Crippen LogP contribution in [0.25, 0.3) is 11.3 Å². The number of benzene rings is 1. The van der Waals surface area contributed by atoms with E-state index in [4.69, 9.17) is 18.7 Å². The van der Waals surface area contributed by atoms with Gasteiger partial charge in [0.15, 0.2) is 12.1 Å². The number of hydrogen-bond donors (Lipinski definition) is 1. The Morgan fingerprint density at radius 3 is 2.75 bits per heavy atom. The van der Waals surface area contributed by atoms with E-state index in [0.29, 0.717) is 23.9 Å². The van der Waals surface area contributed by atoms with Crippen LogP contribution in [0.5, 0.6) is 0 Å². The molecule has 194 valence electrons. The molecule has 1 aliphatic heterocycles. The minimum atomic E-state index is -0.605. The van der Waals surface area contributed by atoms with Crippen molar-refractivity contribution in [3.63, 3.8) is 0 Å². The van der Waals surface area contributed by atoms with Gasteiger partial charge in [-0.25, -0.2) is 9.78 Å². The van der Waals surface area contributed by atoms with Gasteiger partial charge in [0.1, 0.15) is 29.3 Å². The summed E-state index contributed by atoms with van der Waals surface area (Å²) < 4.78 is 26.3. The molecule has 10 heteroatoms. The highest BCUT2D eigenvalue weighted by Crippen LogP contribution is 2.29. The Bertz CT molecular complexity index is 1130. The Hall–Kier alpha value is -2.44. The van der Waals surface area contributed by atoms with Gasteiger partial charge in [0.2, 0.25) is 0 Å². The number of alkyl carbamates (subject to hydrolysis) is 1. The van der Waals surface area contributed by atoms with E-state index in [1.165, 1.54) is 0 Å². The van der Waals surface area contributed by atoms with Crippen molar-refractivity contribution in [3.05, 3.63) is 57.9 Å². The quantitative estimate of drug-likeness (QED) is 0.320. The predicted octanol–water partition coefficient (Wildman–Crippen LogP) is 5.86. The Morgan fingerprint density at radius 2 is 2.06 bits per heavy atom. The van der Waals surface area contributed by atoms with Gasteiger partial charge in [-0.1, -0.05) is 17.3 Å². The summed E-state index contributed by atoms with van der Waals surface area (Å²) in [5.41, 5.74) is 1.05. The second-order valence-corrected chi connectivity index (χ2v) is 11.0. The third kappa shape index (κ3) is 7.07. The van der Waals surface area contributed by atoms with Gasteiger partial charge in [-0.05, 0) is 81.7 Å². The maximum absolute atomic E-state index is 12.5.